The van der Waals surface area contributed by atoms with E-state index in [2.05, 4.69) is 0 Å². The number of sulfone groups is 1. The third-order valence-electron chi connectivity index (χ3n) is 4.58. The summed E-state index contributed by atoms with van der Waals surface area (Å²) < 4.78 is 60.7. The molecule has 3 saturated heterocycles. The van der Waals surface area contributed by atoms with E-state index in [-0.39, 0.29) is 24.3 Å². The Kier molecular flexibility index (Phi) is 4.07. The van der Waals surface area contributed by atoms with Gasteiger partial charge in [0.2, 0.25) is 10.0 Å². The van der Waals surface area contributed by atoms with Gasteiger partial charge in [0.1, 0.15) is 9.84 Å². The Morgan fingerprint density at radius 3 is 2.05 bits per heavy atom. The highest BCUT2D eigenvalue weighted by atomic mass is 32.2. The molecule has 21 heavy (non-hydrogen) atoms. The molecule has 0 bridgehead atoms. The summed E-state index contributed by atoms with van der Waals surface area (Å²) >= 11 is 0. The smallest absolute Gasteiger partial charge is 0.217 e. The molecule has 1 spiro atoms. The van der Waals surface area contributed by atoms with Gasteiger partial charge in [-0.15, -0.1) is 0 Å². The number of hydrogen-bond donors (Lipinski definition) is 0. The lowest BCUT2D eigenvalue weighted by Gasteiger charge is -2.38. The van der Waals surface area contributed by atoms with Crippen LogP contribution in [-0.4, -0.2) is 70.0 Å². The summed E-state index contributed by atoms with van der Waals surface area (Å²) in [6, 6.07) is 0. The highest BCUT2D eigenvalue weighted by Crippen LogP contribution is 2.33. The minimum atomic E-state index is -3.42. The van der Waals surface area contributed by atoms with Crippen molar-refractivity contribution in [3.63, 3.8) is 0 Å². The van der Waals surface area contributed by atoms with Crippen molar-refractivity contribution in [3.8, 4) is 0 Å². The van der Waals surface area contributed by atoms with E-state index in [4.69, 9.17) is 9.47 Å². The molecule has 7 nitrogen and oxygen atoms in total. The zero-order chi connectivity index (χ0) is 15.1. The van der Waals surface area contributed by atoms with Crippen molar-refractivity contribution in [2.45, 2.75) is 36.7 Å². The standard InChI is InChI=1S/C12H21NO6S2/c14-20(15)9-1-11(2-10-20)21(16,17)13-5-3-12(4-6-13)18-7-8-19-12/h11H,1-10H2. The van der Waals surface area contributed by atoms with E-state index in [0.29, 0.717) is 39.1 Å². The van der Waals surface area contributed by atoms with Crippen LogP contribution < -0.4 is 0 Å². The Morgan fingerprint density at radius 1 is 1.00 bits per heavy atom. The van der Waals surface area contributed by atoms with Crippen molar-refractivity contribution < 1.29 is 26.3 Å². The van der Waals surface area contributed by atoms with E-state index in [1.807, 2.05) is 0 Å². The van der Waals surface area contributed by atoms with Crippen molar-refractivity contribution >= 4 is 19.9 Å². The van der Waals surface area contributed by atoms with E-state index in [1.165, 1.54) is 4.31 Å². The number of ether oxygens (including phenoxy) is 2. The van der Waals surface area contributed by atoms with Crippen LogP contribution in [0.2, 0.25) is 0 Å². The van der Waals surface area contributed by atoms with Gasteiger partial charge in [-0.3, -0.25) is 0 Å². The van der Waals surface area contributed by atoms with Gasteiger partial charge in [0, 0.05) is 25.9 Å². The molecule has 0 aliphatic carbocycles. The molecular weight excluding hydrogens is 318 g/mol. The second kappa shape index (κ2) is 5.45. The zero-order valence-electron chi connectivity index (χ0n) is 11.9. The predicted octanol–water partition coefficient (Wildman–Crippen LogP) is -0.268. The number of hydrogen-bond acceptors (Lipinski definition) is 6. The summed E-state index contributed by atoms with van der Waals surface area (Å²) in [6.45, 7) is 1.89. The van der Waals surface area contributed by atoms with Crippen LogP contribution in [0.4, 0.5) is 0 Å². The molecule has 0 radical (unpaired) electrons. The van der Waals surface area contributed by atoms with Crippen LogP contribution in [0.15, 0.2) is 0 Å². The number of sulfonamides is 1. The Bertz CT molecular complexity index is 569. The normalized spacial score (nSPS) is 30.7. The predicted molar refractivity (Wildman–Crippen MR) is 76.0 cm³/mol. The average Bonchev–Trinajstić information content (AvgIpc) is 2.87. The fraction of sp³-hybridized carbons (Fsp3) is 1.00. The summed E-state index contributed by atoms with van der Waals surface area (Å²) in [7, 11) is -6.47. The quantitative estimate of drug-likeness (QED) is 0.688. The Labute approximate surface area is 125 Å². The van der Waals surface area contributed by atoms with Gasteiger partial charge in [-0.05, 0) is 12.8 Å². The van der Waals surface area contributed by atoms with Gasteiger partial charge in [0.05, 0.1) is 30.0 Å². The van der Waals surface area contributed by atoms with E-state index in [9.17, 15) is 16.8 Å². The minimum absolute atomic E-state index is 0.0269. The second-order valence-corrected chi connectivity index (χ2v) is 10.4. The van der Waals surface area contributed by atoms with Gasteiger partial charge in [0.15, 0.2) is 5.79 Å². The second-order valence-electron chi connectivity index (χ2n) is 5.90. The lowest BCUT2D eigenvalue weighted by atomic mass is 10.1. The molecule has 3 rings (SSSR count). The molecule has 0 amide bonds. The fourth-order valence-corrected chi connectivity index (χ4v) is 6.98. The summed E-state index contributed by atoms with van der Waals surface area (Å²) in [6.07, 6.45) is 1.49. The monoisotopic (exact) mass is 339 g/mol. The van der Waals surface area contributed by atoms with Gasteiger partial charge in [-0.1, -0.05) is 0 Å². The molecule has 0 aromatic heterocycles. The third kappa shape index (κ3) is 3.12. The molecular formula is C12H21NO6S2. The molecule has 3 aliphatic heterocycles. The molecule has 3 fully saturated rings. The van der Waals surface area contributed by atoms with Gasteiger partial charge >= 0.3 is 0 Å². The molecule has 0 aromatic carbocycles. The summed E-state index contributed by atoms with van der Waals surface area (Å²) in [4.78, 5) is 0. The van der Waals surface area contributed by atoms with E-state index in [1.54, 1.807) is 0 Å². The van der Waals surface area contributed by atoms with Crippen LogP contribution in [0.3, 0.4) is 0 Å². The number of nitrogens with zero attached hydrogens (tertiary/aromatic N) is 1. The largest absolute Gasteiger partial charge is 0.347 e. The summed E-state index contributed by atoms with van der Waals surface area (Å²) in [5.41, 5.74) is 0. The van der Waals surface area contributed by atoms with Crippen LogP contribution >= 0.6 is 0 Å². The van der Waals surface area contributed by atoms with Crippen LogP contribution in [0.1, 0.15) is 25.7 Å². The third-order valence-corrected chi connectivity index (χ3v) is 8.69. The fourth-order valence-electron chi connectivity index (χ4n) is 3.24. The lowest BCUT2D eigenvalue weighted by molar-refractivity contribution is -0.179. The molecule has 0 unspecified atom stereocenters. The molecule has 3 heterocycles. The summed E-state index contributed by atoms with van der Waals surface area (Å²) in [5.74, 6) is -0.649. The highest BCUT2D eigenvalue weighted by Gasteiger charge is 2.44. The first-order valence-corrected chi connectivity index (χ1v) is 10.6. The van der Waals surface area contributed by atoms with Crippen LogP contribution in [0.5, 0.6) is 0 Å². The topological polar surface area (TPSA) is 90.0 Å². The molecule has 0 atom stereocenters. The Hall–Kier alpha value is -0.220. The first-order chi connectivity index (χ1) is 9.83. The van der Waals surface area contributed by atoms with E-state index in [0.717, 1.165) is 0 Å². The molecule has 0 aromatic rings. The van der Waals surface area contributed by atoms with Crippen molar-refractivity contribution in [2.24, 2.45) is 0 Å². The number of piperidine rings is 1. The average molecular weight is 339 g/mol. The minimum Gasteiger partial charge on any atom is -0.347 e. The van der Waals surface area contributed by atoms with Gasteiger partial charge < -0.3 is 9.47 Å². The van der Waals surface area contributed by atoms with E-state index < -0.39 is 30.9 Å². The maximum absolute atomic E-state index is 12.6. The van der Waals surface area contributed by atoms with Crippen LogP contribution in [0.25, 0.3) is 0 Å². The van der Waals surface area contributed by atoms with Crippen molar-refractivity contribution in [2.75, 3.05) is 37.8 Å². The zero-order valence-corrected chi connectivity index (χ0v) is 13.5. The Morgan fingerprint density at radius 2 is 1.52 bits per heavy atom. The molecule has 122 valence electrons. The summed E-state index contributed by atoms with van der Waals surface area (Å²) in [5, 5.41) is -0.569. The first kappa shape index (κ1) is 15.7. The molecule has 0 N–H and O–H groups in total. The van der Waals surface area contributed by atoms with E-state index >= 15 is 0 Å². The first-order valence-electron chi connectivity index (χ1n) is 7.30. The highest BCUT2D eigenvalue weighted by molar-refractivity contribution is 7.92. The SMILES string of the molecule is O=S1(=O)CCC(S(=O)(=O)N2CCC3(CC2)OCCO3)CC1. The molecule has 3 aliphatic rings. The van der Waals surface area contributed by atoms with Crippen molar-refractivity contribution in [1.82, 2.24) is 4.31 Å². The Balaban J connectivity index is 1.64. The maximum Gasteiger partial charge on any atom is 0.217 e. The lowest BCUT2D eigenvalue weighted by Crippen LogP contribution is -2.50. The maximum atomic E-state index is 12.6. The van der Waals surface area contributed by atoms with Crippen molar-refractivity contribution in [1.29, 1.82) is 0 Å². The van der Waals surface area contributed by atoms with Crippen LogP contribution in [-0.2, 0) is 29.3 Å². The van der Waals surface area contributed by atoms with Gasteiger partial charge in [-0.2, -0.15) is 0 Å². The molecule has 9 heteroatoms. The molecule has 0 saturated carbocycles. The van der Waals surface area contributed by atoms with Crippen molar-refractivity contribution in [3.05, 3.63) is 0 Å². The van der Waals surface area contributed by atoms with Crippen LogP contribution in [0, 0.1) is 0 Å². The van der Waals surface area contributed by atoms with Gasteiger partial charge in [0.25, 0.3) is 0 Å². The van der Waals surface area contributed by atoms with Gasteiger partial charge in [-0.25, -0.2) is 21.1 Å². The number of rotatable bonds is 2.